The highest BCUT2D eigenvalue weighted by Gasteiger charge is 2.39. The van der Waals surface area contributed by atoms with Crippen LogP contribution in [-0.2, 0) is 4.79 Å². The summed E-state index contributed by atoms with van der Waals surface area (Å²) in [5, 5.41) is 6.87. The summed E-state index contributed by atoms with van der Waals surface area (Å²) in [7, 11) is 0. The average molecular weight is 220 g/mol. The summed E-state index contributed by atoms with van der Waals surface area (Å²) in [4.78, 5) is 12.1. The predicted octanol–water partition coefficient (Wildman–Crippen LogP) is 2.19. The molecule has 1 heterocycles. The Morgan fingerprint density at radius 2 is 1.62 bits per heavy atom. The number of allylic oxidation sites excluding steroid dienone is 1. The summed E-state index contributed by atoms with van der Waals surface area (Å²) in [5.74, 6) is 0.204. The van der Waals surface area contributed by atoms with Gasteiger partial charge in [0, 0.05) is 11.3 Å². The molecule has 1 spiro atoms. The molecule has 3 aliphatic rings. The van der Waals surface area contributed by atoms with Crippen LogP contribution in [0.4, 0.5) is 0 Å². The van der Waals surface area contributed by atoms with Crippen molar-refractivity contribution in [2.24, 2.45) is 0 Å². The van der Waals surface area contributed by atoms with Crippen molar-refractivity contribution in [1.82, 2.24) is 10.6 Å². The molecule has 16 heavy (non-hydrogen) atoms. The smallest absolute Gasteiger partial charge is 0.250 e. The Hall–Kier alpha value is -0.990. The van der Waals surface area contributed by atoms with Crippen molar-refractivity contribution < 1.29 is 4.79 Å². The van der Waals surface area contributed by atoms with Crippen molar-refractivity contribution in [1.29, 1.82) is 0 Å². The Kier molecular flexibility index (Phi) is 2.41. The van der Waals surface area contributed by atoms with Crippen molar-refractivity contribution in [3.63, 3.8) is 0 Å². The SMILES string of the molecule is O=C1NC2(CCCCC2)NC2=C1CCCC2. The maximum absolute atomic E-state index is 12.1. The molecular weight excluding hydrogens is 200 g/mol. The van der Waals surface area contributed by atoms with E-state index in [1.165, 1.54) is 37.8 Å². The molecule has 3 nitrogen and oxygen atoms in total. The van der Waals surface area contributed by atoms with Gasteiger partial charge in [0.05, 0.1) is 0 Å². The standard InChI is InChI=1S/C13H20N2O/c16-12-10-6-2-3-7-11(10)14-13(15-12)8-4-1-5-9-13/h14H,1-9H2,(H,15,16). The van der Waals surface area contributed by atoms with Gasteiger partial charge >= 0.3 is 0 Å². The second-order valence-electron chi connectivity index (χ2n) is 5.39. The minimum absolute atomic E-state index is 0.0918. The van der Waals surface area contributed by atoms with Gasteiger partial charge in [-0.1, -0.05) is 6.42 Å². The lowest BCUT2D eigenvalue weighted by Gasteiger charge is -2.45. The summed E-state index contributed by atoms with van der Waals surface area (Å²) in [6, 6.07) is 0. The molecule has 3 rings (SSSR count). The molecule has 3 heteroatoms. The fraction of sp³-hybridized carbons (Fsp3) is 0.769. The van der Waals surface area contributed by atoms with Crippen LogP contribution in [0.15, 0.2) is 11.3 Å². The molecule has 1 saturated carbocycles. The Balaban J connectivity index is 1.87. The van der Waals surface area contributed by atoms with Crippen molar-refractivity contribution in [2.75, 3.05) is 0 Å². The monoisotopic (exact) mass is 220 g/mol. The lowest BCUT2D eigenvalue weighted by atomic mass is 9.84. The number of hydrogen-bond acceptors (Lipinski definition) is 2. The maximum Gasteiger partial charge on any atom is 0.250 e. The summed E-state index contributed by atoms with van der Waals surface area (Å²) < 4.78 is 0. The van der Waals surface area contributed by atoms with Crippen LogP contribution in [0, 0.1) is 0 Å². The second-order valence-corrected chi connectivity index (χ2v) is 5.39. The van der Waals surface area contributed by atoms with Gasteiger partial charge in [-0.2, -0.15) is 0 Å². The molecule has 0 atom stereocenters. The van der Waals surface area contributed by atoms with E-state index in [-0.39, 0.29) is 11.6 Å². The topological polar surface area (TPSA) is 41.1 Å². The summed E-state index contributed by atoms with van der Waals surface area (Å²) in [6.07, 6.45) is 10.4. The minimum atomic E-state index is -0.0918. The zero-order valence-electron chi connectivity index (χ0n) is 9.77. The number of rotatable bonds is 0. The third-order valence-corrected chi connectivity index (χ3v) is 4.19. The zero-order chi connectivity index (χ0) is 11.0. The fourth-order valence-corrected chi connectivity index (χ4v) is 3.31. The molecule has 0 aromatic heterocycles. The Morgan fingerprint density at radius 1 is 0.875 bits per heavy atom. The van der Waals surface area contributed by atoms with Gasteiger partial charge in [0.2, 0.25) is 0 Å². The quantitative estimate of drug-likeness (QED) is 0.657. The third-order valence-electron chi connectivity index (χ3n) is 4.19. The third kappa shape index (κ3) is 1.62. The van der Waals surface area contributed by atoms with E-state index >= 15 is 0 Å². The van der Waals surface area contributed by atoms with E-state index in [9.17, 15) is 4.79 Å². The van der Waals surface area contributed by atoms with E-state index < -0.39 is 0 Å². The fourth-order valence-electron chi connectivity index (χ4n) is 3.31. The molecule has 88 valence electrons. The average Bonchev–Trinajstić information content (AvgIpc) is 2.30. The van der Waals surface area contributed by atoms with Crippen LogP contribution in [0.1, 0.15) is 57.8 Å². The first-order valence-corrected chi connectivity index (χ1v) is 6.62. The van der Waals surface area contributed by atoms with Crippen molar-refractivity contribution >= 4 is 5.91 Å². The molecule has 1 amide bonds. The van der Waals surface area contributed by atoms with E-state index in [4.69, 9.17) is 0 Å². The van der Waals surface area contributed by atoms with Crippen LogP contribution in [0.5, 0.6) is 0 Å². The van der Waals surface area contributed by atoms with Crippen LogP contribution in [0.2, 0.25) is 0 Å². The lowest BCUT2D eigenvalue weighted by Crippen LogP contribution is -2.63. The maximum atomic E-state index is 12.1. The highest BCUT2D eigenvalue weighted by molar-refractivity contribution is 5.95. The summed E-state index contributed by atoms with van der Waals surface area (Å²) in [6.45, 7) is 0. The molecule has 0 unspecified atom stereocenters. The second kappa shape index (κ2) is 3.79. The van der Waals surface area contributed by atoms with Gasteiger partial charge in [0.25, 0.3) is 5.91 Å². The van der Waals surface area contributed by atoms with Crippen LogP contribution >= 0.6 is 0 Å². The van der Waals surface area contributed by atoms with Gasteiger partial charge in [0.1, 0.15) is 5.66 Å². The number of hydrogen-bond donors (Lipinski definition) is 2. The van der Waals surface area contributed by atoms with Crippen molar-refractivity contribution in [2.45, 2.75) is 63.5 Å². The van der Waals surface area contributed by atoms with E-state index in [2.05, 4.69) is 10.6 Å². The normalized spacial score (nSPS) is 28.4. The van der Waals surface area contributed by atoms with Crippen LogP contribution < -0.4 is 10.6 Å². The van der Waals surface area contributed by atoms with E-state index in [0.717, 1.165) is 31.3 Å². The molecule has 0 radical (unpaired) electrons. The summed E-state index contributed by atoms with van der Waals surface area (Å²) >= 11 is 0. The van der Waals surface area contributed by atoms with Gasteiger partial charge in [0.15, 0.2) is 0 Å². The highest BCUT2D eigenvalue weighted by atomic mass is 16.2. The molecule has 1 fully saturated rings. The van der Waals surface area contributed by atoms with Crippen molar-refractivity contribution in [3.8, 4) is 0 Å². The minimum Gasteiger partial charge on any atom is -0.366 e. The molecule has 0 aromatic carbocycles. The number of carbonyl (C=O) groups is 1. The van der Waals surface area contributed by atoms with E-state index in [1.54, 1.807) is 0 Å². The summed E-state index contributed by atoms with van der Waals surface area (Å²) in [5.41, 5.74) is 2.19. The number of amides is 1. The molecule has 0 bridgehead atoms. The van der Waals surface area contributed by atoms with Gasteiger partial charge in [-0.05, 0) is 51.4 Å². The van der Waals surface area contributed by atoms with Crippen LogP contribution in [0.3, 0.4) is 0 Å². The van der Waals surface area contributed by atoms with E-state index in [1.807, 2.05) is 0 Å². The molecular formula is C13H20N2O. The highest BCUT2D eigenvalue weighted by Crippen LogP contribution is 2.34. The molecule has 2 aliphatic carbocycles. The first-order chi connectivity index (χ1) is 7.79. The Bertz CT molecular complexity index is 340. The van der Waals surface area contributed by atoms with E-state index in [0.29, 0.717) is 0 Å². The Labute approximate surface area is 96.7 Å². The molecule has 1 aliphatic heterocycles. The van der Waals surface area contributed by atoms with Gasteiger partial charge in [-0.25, -0.2) is 0 Å². The molecule has 0 aromatic rings. The van der Waals surface area contributed by atoms with Crippen LogP contribution in [0.25, 0.3) is 0 Å². The zero-order valence-corrected chi connectivity index (χ0v) is 9.77. The predicted molar refractivity (Wildman–Crippen MR) is 62.6 cm³/mol. The van der Waals surface area contributed by atoms with Gasteiger partial charge in [-0.3, -0.25) is 4.79 Å². The number of nitrogens with one attached hydrogen (secondary N) is 2. The molecule has 2 N–H and O–H groups in total. The first kappa shape index (κ1) is 10.2. The van der Waals surface area contributed by atoms with Crippen LogP contribution in [-0.4, -0.2) is 11.6 Å². The lowest BCUT2D eigenvalue weighted by molar-refractivity contribution is -0.121. The largest absolute Gasteiger partial charge is 0.366 e. The van der Waals surface area contributed by atoms with Gasteiger partial charge < -0.3 is 10.6 Å². The van der Waals surface area contributed by atoms with Gasteiger partial charge in [-0.15, -0.1) is 0 Å². The molecule has 0 saturated heterocycles. The number of carbonyl (C=O) groups excluding carboxylic acids is 1. The first-order valence-electron chi connectivity index (χ1n) is 6.62. The Morgan fingerprint density at radius 3 is 2.44 bits per heavy atom. The van der Waals surface area contributed by atoms with Crippen molar-refractivity contribution in [3.05, 3.63) is 11.3 Å².